The Morgan fingerprint density at radius 1 is 0.610 bits per heavy atom. The molecule has 18 heteroatoms. The summed E-state index contributed by atoms with van der Waals surface area (Å²) in [6, 6.07) is 18.3. The minimum atomic E-state index is -5.15. The second kappa shape index (κ2) is 16.1. The first-order valence-electron chi connectivity index (χ1n) is 17.1. The second-order valence-corrected chi connectivity index (χ2v) is 13.2. The van der Waals surface area contributed by atoms with Gasteiger partial charge in [0.1, 0.15) is 18.4 Å². The Hall–Kier alpha value is -6.33. The van der Waals surface area contributed by atoms with E-state index in [2.05, 4.69) is 15.5 Å². The van der Waals surface area contributed by atoms with Crippen molar-refractivity contribution in [1.82, 2.24) is 15.5 Å². The topological polar surface area (TPSA) is 77.2 Å². The number of ether oxygens (including phenoxy) is 1. The monoisotopic (exact) mass is 837 g/mol. The number of aromatic nitrogens is 2. The van der Waals surface area contributed by atoms with Gasteiger partial charge in [-0.1, -0.05) is 65.8 Å². The van der Waals surface area contributed by atoms with E-state index in [1.807, 2.05) is 0 Å². The van der Waals surface area contributed by atoms with Crippen LogP contribution >= 0.6 is 0 Å². The highest BCUT2D eigenvalue weighted by molar-refractivity contribution is 5.98. The maximum Gasteiger partial charge on any atom is 0.416 e. The van der Waals surface area contributed by atoms with Crippen molar-refractivity contribution in [2.75, 3.05) is 0 Å². The van der Waals surface area contributed by atoms with Crippen molar-refractivity contribution >= 4 is 5.91 Å². The molecule has 5 aromatic carbocycles. The average molecular weight is 838 g/mol. The molecule has 0 aliphatic heterocycles. The molecule has 59 heavy (non-hydrogen) atoms. The van der Waals surface area contributed by atoms with Crippen molar-refractivity contribution in [3.63, 3.8) is 0 Å². The van der Waals surface area contributed by atoms with Gasteiger partial charge in [-0.25, -0.2) is 0 Å². The number of hydrogen-bond acceptors (Lipinski definition) is 5. The molecule has 1 aromatic heterocycles. The molecule has 6 aromatic rings. The van der Waals surface area contributed by atoms with Crippen LogP contribution in [0.4, 0.5) is 52.7 Å². The number of nitrogens with one attached hydrogen (secondary N) is 1. The number of amides is 1. The maximum atomic E-state index is 14.1. The van der Waals surface area contributed by atoms with Gasteiger partial charge in [0.25, 0.3) is 5.91 Å². The van der Waals surface area contributed by atoms with Gasteiger partial charge in [-0.2, -0.15) is 57.7 Å². The normalized spacial score (nSPS) is 13.0. The minimum absolute atomic E-state index is 0.000125. The lowest BCUT2D eigenvalue weighted by atomic mass is 9.96. The number of carbonyl (C=O) groups excluding carboxylic acids is 1. The molecule has 6 nitrogen and oxygen atoms in total. The summed E-state index contributed by atoms with van der Waals surface area (Å²) in [5.41, 5.74) is -6.56. The molecule has 1 N–H and O–H groups in total. The molecule has 1 atom stereocenters. The number of benzene rings is 5. The van der Waals surface area contributed by atoms with Gasteiger partial charge in [0.2, 0.25) is 5.89 Å². The zero-order valence-corrected chi connectivity index (χ0v) is 30.0. The molecule has 0 fully saturated rings. The molecule has 1 heterocycles. The molecular weight excluding hydrogens is 810 g/mol. The molecule has 0 aliphatic rings. The second-order valence-electron chi connectivity index (χ2n) is 13.2. The van der Waals surface area contributed by atoms with Gasteiger partial charge in [0.15, 0.2) is 5.82 Å². The third kappa shape index (κ3) is 10.4. The van der Waals surface area contributed by atoms with E-state index in [9.17, 15) is 57.5 Å². The summed E-state index contributed by atoms with van der Waals surface area (Å²) in [4.78, 5) is 18.3. The van der Waals surface area contributed by atoms with Crippen LogP contribution in [-0.4, -0.2) is 16.0 Å². The first-order chi connectivity index (χ1) is 27.5. The summed E-state index contributed by atoms with van der Waals surface area (Å²) < 4.78 is 175. The van der Waals surface area contributed by atoms with Crippen molar-refractivity contribution in [3.8, 4) is 28.0 Å². The van der Waals surface area contributed by atoms with E-state index >= 15 is 0 Å². The van der Waals surface area contributed by atoms with Crippen LogP contribution in [0.5, 0.6) is 5.75 Å². The highest BCUT2D eigenvalue weighted by Crippen LogP contribution is 2.41. The lowest BCUT2D eigenvalue weighted by Crippen LogP contribution is -2.30. The van der Waals surface area contributed by atoms with Gasteiger partial charge in [-0.3, -0.25) is 4.79 Å². The van der Waals surface area contributed by atoms with Crippen LogP contribution in [-0.2, 0) is 37.7 Å². The van der Waals surface area contributed by atoms with Crippen LogP contribution in [0.25, 0.3) is 22.3 Å². The third-order valence-electron chi connectivity index (χ3n) is 8.84. The number of carbonyl (C=O) groups is 1. The van der Waals surface area contributed by atoms with Gasteiger partial charge in [0.05, 0.1) is 27.8 Å². The molecule has 1 amide bonds. The largest absolute Gasteiger partial charge is 0.488 e. The van der Waals surface area contributed by atoms with E-state index in [-0.39, 0.29) is 64.9 Å². The van der Waals surface area contributed by atoms with Crippen LogP contribution in [0.15, 0.2) is 114 Å². The number of hydrogen-bond donors (Lipinski definition) is 1. The first kappa shape index (κ1) is 42.3. The fourth-order valence-electron chi connectivity index (χ4n) is 5.95. The fourth-order valence-corrected chi connectivity index (χ4v) is 5.95. The van der Waals surface area contributed by atoms with Crippen molar-refractivity contribution in [1.29, 1.82) is 0 Å². The van der Waals surface area contributed by atoms with Crippen LogP contribution in [0.3, 0.4) is 0 Å². The Kier molecular flexibility index (Phi) is 11.6. The molecule has 1 unspecified atom stereocenters. The SMILES string of the molecule is Cc1noc(C(Cc2ccc(-c3cc(C(F)(F)F)cc(C(F)(F)F)c3)cc2)NC(=O)c2cc(-c3cc(C(F)(F)F)cc(C(F)(F)F)c3)ccc2OCc2ccccc2)n1. The fraction of sp³-hybridized carbons (Fsp3) is 0.195. The van der Waals surface area contributed by atoms with Crippen LogP contribution in [0.1, 0.15) is 61.5 Å². The third-order valence-corrected chi connectivity index (χ3v) is 8.84. The Labute approximate surface area is 326 Å². The summed E-state index contributed by atoms with van der Waals surface area (Å²) in [6.45, 7) is 1.37. The van der Waals surface area contributed by atoms with Crippen molar-refractivity contribution < 1.29 is 66.7 Å². The first-order valence-corrected chi connectivity index (χ1v) is 17.1. The highest BCUT2D eigenvalue weighted by Gasteiger charge is 2.38. The maximum absolute atomic E-state index is 14.1. The Bertz CT molecular complexity index is 2370. The molecule has 308 valence electrons. The van der Waals surface area contributed by atoms with Gasteiger partial charge in [0, 0.05) is 6.42 Å². The summed E-state index contributed by atoms with van der Waals surface area (Å²) >= 11 is 0. The number of rotatable bonds is 10. The molecule has 0 radical (unpaired) electrons. The van der Waals surface area contributed by atoms with Crippen LogP contribution < -0.4 is 10.1 Å². The standard InChI is InChI=1S/C41H27F12N3O3/c1-22-54-37(59-56-22)34(13-23-7-9-25(10-8-23)27-14-29(38(42,43)44)19-30(15-27)39(45,46)47)55-36(57)33-18-26(11-12-35(33)58-21-24-5-3-2-4-6-24)28-16-31(40(48,49)50)20-32(17-28)41(51,52)53/h2-12,14-20,34H,13,21H2,1H3,(H,55,57). The van der Waals surface area contributed by atoms with E-state index in [0.717, 1.165) is 6.07 Å². The number of aryl methyl sites for hydroxylation is 1. The van der Waals surface area contributed by atoms with E-state index in [0.29, 0.717) is 35.4 Å². The van der Waals surface area contributed by atoms with E-state index < -0.39 is 64.5 Å². The highest BCUT2D eigenvalue weighted by atomic mass is 19.4. The average Bonchev–Trinajstić information content (AvgIpc) is 3.61. The van der Waals surface area contributed by atoms with Crippen LogP contribution in [0, 0.1) is 6.92 Å². The molecule has 0 saturated heterocycles. The van der Waals surface area contributed by atoms with Gasteiger partial charge < -0.3 is 14.6 Å². The Balaban J connectivity index is 1.36. The molecule has 0 spiro atoms. The molecule has 0 aliphatic carbocycles. The number of halogens is 12. The number of alkyl halides is 12. The van der Waals surface area contributed by atoms with Crippen molar-refractivity contribution in [3.05, 3.63) is 160 Å². The lowest BCUT2D eigenvalue weighted by Gasteiger charge is -2.19. The Morgan fingerprint density at radius 3 is 1.58 bits per heavy atom. The van der Waals surface area contributed by atoms with E-state index in [1.54, 1.807) is 30.3 Å². The predicted octanol–water partition coefficient (Wildman–Crippen LogP) is 12.1. The molecule has 0 saturated carbocycles. The zero-order valence-electron chi connectivity index (χ0n) is 30.0. The van der Waals surface area contributed by atoms with Crippen molar-refractivity contribution in [2.45, 2.75) is 50.7 Å². The van der Waals surface area contributed by atoms with Gasteiger partial charge in [-0.15, -0.1) is 0 Å². The smallest absolute Gasteiger partial charge is 0.416 e. The summed E-state index contributed by atoms with van der Waals surface area (Å²) in [5, 5.41) is 6.40. The van der Waals surface area contributed by atoms with Gasteiger partial charge >= 0.3 is 24.7 Å². The zero-order chi connectivity index (χ0) is 42.9. The summed E-state index contributed by atoms with van der Waals surface area (Å²) in [6.07, 6.45) is -20.6. The molecular formula is C41H27F12N3O3. The predicted molar refractivity (Wildman–Crippen MR) is 187 cm³/mol. The number of nitrogens with zero attached hydrogens (tertiary/aromatic N) is 2. The molecule has 0 bridgehead atoms. The lowest BCUT2D eigenvalue weighted by molar-refractivity contribution is -0.144. The van der Waals surface area contributed by atoms with E-state index in [4.69, 9.17) is 9.26 Å². The van der Waals surface area contributed by atoms with Crippen LogP contribution in [0.2, 0.25) is 0 Å². The minimum Gasteiger partial charge on any atom is -0.488 e. The van der Waals surface area contributed by atoms with E-state index in [1.165, 1.54) is 43.3 Å². The van der Waals surface area contributed by atoms with Gasteiger partial charge in [-0.05, 0) is 88.8 Å². The quantitative estimate of drug-likeness (QED) is 0.139. The molecule has 6 rings (SSSR count). The summed E-state index contributed by atoms with van der Waals surface area (Å²) in [5.74, 6) is -1.07. The van der Waals surface area contributed by atoms with Crippen molar-refractivity contribution in [2.24, 2.45) is 0 Å². The Morgan fingerprint density at radius 2 is 1.10 bits per heavy atom. The summed E-state index contributed by atoms with van der Waals surface area (Å²) in [7, 11) is 0.